The Labute approximate surface area is 131 Å². The first kappa shape index (κ1) is 17.1. The zero-order valence-corrected chi connectivity index (χ0v) is 12.7. The molecule has 0 aliphatic carbocycles. The zero-order valence-electron chi connectivity index (χ0n) is 11.9. The number of rotatable bonds is 6. The number of nitrogens with zero attached hydrogens (tertiary/aromatic N) is 1. The van der Waals surface area contributed by atoms with Gasteiger partial charge in [0.05, 0.1) is 15.9 Å². The molecule has 1 heterocycles. The highest BCUT2D eigenvalue weighted by Crippen LogP contribution is 2.38. The lowest BCUT2D eigenvalue weighted by Crippen LogP contribution is -2.61. The molecule has 1 aromatic carbocycles. The fourth-order valence-corrected chi connectivity index (χ4v) is 4.03. The second-order valence-electron chi connectivity index (χ2n) is 5.30. The highest BCUT2D eigenvalue weighted by atomic mass is 32.2. The van der Waals surface area contributed by atoms with Crippen LogP contribution in [0.3, 0.4) is 0 Å². The van der Waals surface area contributed by atoms with Gasteiger partial charge in [-0.3, -0.25) is 4.79 Å². The molecule has 0 spiro atoms. The van der Waals surface area contributed by atoms with Crippen LogP contribution in [-0.2, 0) is 14.8 Å². The van der Waals surface area contributed by atoms with Gasteiger partial charge in [0.15, 0.2) is 0 Å². The molecule has 1 aromatic rings. The maximum Gasteiger partial charge on any atom is 0.338 e. The minimum absolute atomic E-state index is 0.112. The number of benzene rings is 1. The third-order valence-electron chi connectivity index (χ3n) is 3.76. The van der Waals surface area contributed by atoms with E-state index in [1.54, 1.807) is 0 Å². The minimum Gasteiger partial charge on any atom is -0.481 e. The summed E-state index contributed by atoms with van der Waals surface area (Å²) in [5.41, 5.74) is -1.87. The molecule has 23 heavy (non-hydrogen) atoms. The second kappa shape index (κ2) is 5.74. The van der Waals surface area contributed by atoms with Crippen molar-refractivity contribution in [1.82, 2.24) is 4.31 Å². The molecule has 1 aliphatic heterocycles. The zero-order chi connectivity index (χ0) is 17.4. The molecule has 0 amide bonds. The van der Waals surface area contributed by atoms with Crippen LogP contribution in [0, 0.1) is 11.2 Å². The molecule has 0 bridgehead atoms. The predicted molar refractivity (Wildman–Crippen MR) is 77.0 cm³/mol. The van der Waals surface area contributed by atoms with E-state index in [1.807, 2.05) is 0 Å². The van der Waals surface area contributed by atoms with Crippen molar-refractivity contribution in [3.63, 3.8) is 0 Å². The fraction of sp³-hybridized carbons (Fsp3) is 0.286. The number of halogens is 1. The van der Waals surface area contributed by atoms with Crippen molar-refractivity contribution in [3.8, 4) is 0 Å². The largest absolute Gasteiger partial charge is 0.481 e. The molecule has 0 unspecified atom stereocenters. The SMILES string of the molecule is C=CCC1(C(=O)O)CN(S(=O)(=O)c2ccc(C(=O)O)c(F)c2)C1. The maximum atomic E-state index is 13.6. The van der Waals surface area contributed by atoms with Crippen LogP contribution in [0.1, 0.15) is 16.8 Å². The molecule has 124 valence electrons. The van der Waals surface area contributed by atoms with Crippen LogP contribution in [0.2, 0.25) is 0 Å². The Balaban J connectivity index is 2.28. The van der Waals surface area contributed by atoms with Gasteiger partial charge < -0.3 is 10.2 Å². The maximum absolute atomic E-state index is 13.6. The van der Waals surface area contributed by atoms with Crippen LogP contribution < -0.4 is 0 Å². The van der Waals surface area contributed by atoms with E-state index >= 15 is 0 Å². The highest BCUT2D eigenvalue weighted by molar-refractivity contribution is 7.89. The number of carboxylic acid groups (broad SMARTS) is 2. The Bertz CT molecular complexity index is 782. The first-order valence-electron chi connectivity index (χ1n) is 6.51. The van der Waals surface area contributed by atoms with Gasteiger partial charge in [0, 0.05) is 13.1 Å². The van der Waals surface area contributed by atoms with Gasteiger partial charge in [0.25, 0.3) is 0 Å². The lowest BCUT2D eigenvalue weighted by Gasteiger charge is -2.45. The summed E-state index contributed by atoms with van der Waals surface area (Å²) >= 11 is 0. The van der Waals surface area contributed by atoms with Crippen LogP contribution in [0.15, 0.2) is 35.7 Å². The normalized spacial score (nSPS) is 17.3. The topological polar surface area (TPSA) is 112 Å². The number of hydrogen-bond acceptors (Lipinski definition) is 4. The molecule has 2 N–H and O–H groups in total. The van der Waals surface area contributed by atoms with Crippen molar-refractivity contribution in [2.24, 2.45) is 5.41 Å². The van der Waals surface area contributed by atoms with Gasteiger partial charge in [0.2, 0.25) is 10.0 Å². The fourth-order valence-electron chi connectivity index (χ4n) is 2.41. The summed E-state index contributed by atoms with van der Waals surface area (Å²) in [7, 11) is -4.09. The van der Waals surface area contributed by atoms with Crippen LogP contribution in [0.25, 0.3) is 0 Å². The summed E-state index contributed by atoms with van der Waals surface area (Å²) in [4.78, 5) is 21.6. The van der Waals surface area contributed by atoms with E-state index in [2.05, 4.69) is 6.58 Å². The van der Waals surface area contributed by atoms with E-state index in [-0.39, 0.29) is 19.5 Å². The van der Waals surface area contributed by atoms with E-state index in [0.717, 1.165) is 16.4 Å². The molecule has 1 fully saturated rings. The Hall–Kier alpha value is -2.26. The molecule has 0 atom stereocenters. The van der Waals surface area contributed by atoms with Crippen LogP contribution in [-0.4, -0.2) is 48.0 Å². The summed E-state index contributed by atoms with van der Waals surface area (Å²) in [6.45, 7) is 2.95. The number of aromatic carboxylic acids is 1. The van der Waals surface area contributed by atoms with Crippen molar-refractivity contribution in [2.75, 3.05) is 13.1 Å². The Morgan fingerprint density at radius 3 is 2.39 bits per heavy atom. The van der Waals surface area contributed by atoms with Gasteiger partial charge in [-0.05, 0) is 24.6 Å². The van der Waals surface area contributed by atoms with E-state index in [1.165, 1.54) is 6.08 Å². The highest BCUT2D eigenvalue weighted by Gasteiger charge is 2.53. The number of allylic oxidation sites excluding steroid dienone is 1. The van der Waals surface area contributed by atoms with Crippen molar-refractivity contribution in [1.29, 1.82) is 0 Å². The molecular weight excluding hydrogens is 329 g/mol. The monoisotopic (exact) mass is 343 g/mol. The first-order chi connectivity index (χ1) is 10.6. The number of sulfonamides is 1. The molecule has 0 radical (unpaired) electrons. The summed E-state index contributed by atoms with van der Waals surface area (Å²) in [6.07, 6.45) is 1.51. The van der Waals surface area contributed by atoms with E-state index in [9.17, 15) is 27.5 Å². The quantitative estimate of drug-likeness (QED) is 0.750. The van der Waals surface area contributed by atoms with Gasteiger partial charge in [-0.15, -0.1) is 6.58 Å². The van der Waals surface area contributed by atoms with Crippen LogP contribution >= 0.6 is 0 Å². The molecule has 0 saturated carbocycles. The minimum atomic E-state index is -4.09. The van der Waals surface area contributed by atoms with Crippen molar-refractivity contribution in [2.45, 2.75) is 11.3 Å². The first-order valence-corrected chi connectivity index (χ1v) is 7.95. The van der Waals surface area contributed by atoms with Crippen molar-refractivity contribution < 1.29 is 32.6 Å². The third-order valence-corrected chi connectivity index (χ3v) is 5.54. The van der Waals surface area contributed by atoms with Crippen molar-refractivity contribution in [3.05, 3.63) is 42.2 Å². The number of hydrogen-bond donors (Lipinski definition) is 2. The summed E-state index contributed by atoms with van der Waals surface area (Å²) in [6, 6.07) is 2.46. The number of carboxylic acids is 2. The Morgan fingerprint density at radius 1 is 1.35 bits per heavy atom. The second-order valence-corrected chi connectivity index (χ2v) is 7.24. The van der Waals surface area contributed by atoms with Gasteiger partial charge in [-0.2, -0.15) is 4.31 Å². The van der Waals surface area contributed by atoms with Gasteiger partial charge in [0.1, 0.15) is 5.82 Å². The molecule has 2 rings (SSSR count). The molecule has 1 saturated heterocycles. The van der Waals surface area contributed by atoms with Gasteiger partial charge >= 0.3 is 11.9 Å². The van der Waals surface area contributed by atoms with Gasteiger partial charge in [-0.1, -0.05) is 6.08 Å². The summed E-state index contributed by atoms with van der Waals surface area (Å²) < 4.78 is 39.3. The average Bonchev–Trinajstić information content (AvgIpc) is 2.41. The molecule has 9 heteroatoms. The molecule has 1 aliphatic rings. The summed E-state index contributed by atoms with van der Waals surface area (Å²) in [5, 5.41) is 18.0. The smallest absolute Gasteiger partial charge is 0.338 e. The van der Waals surface area contributed by atoms with Crippen LogP contribution in [0.5, 0.6) is 0 Å². The number of aliphatic carboxylic acids is 1. The molecular formula is C14H14FNO6S. The standard InChI is InChI=1S/C14H14FNO6S/c1-2-5-14(13(19)20)7-16(8-14)23(21,22)9-3-4-10(12(17)18)11(15)6-9/h2-4,6H,1,5,7-8H2,(H,17,18)(H,19,20). The molecule has 0 aromatic heterocycles. The Morgan fingerprint density at radius 2 is 1.96 bits per heavy atom. The predicted octanol–water partition coefficient (Wildman–Crippen LogP) is 1.18. The lowest BCUT2D eigenvalue weighted by atomic mass is 9.79. The van der Waals surface area contributed by atoms with Gasteiger partial charge in [-0.25, -0.2) is 17.6 Å². The van der Waals surface area contributed by atoms with E-state index < -0.39 is 43.7 Å². The van der Waals surface area contributed by atoms with Crippen molar-refractivity contribution >= 4 is 22.0 Å². The Kier molecular flexibility index (Phi) is 4.27. The molecule has 7 nitrogen and oxygen atoms in total. The van der Waals surface area contributed by atoms with Crippen LogP contribution in [0.4, 0.5) is 4.39 Å². The average molecular weight is 343 g/mol. The van der Waals surface area contributed by atoms with E-state index in [4.69, 9.17) is 5.11 Å². The summed E-state index contributed by atoms with van der Waals surface area (Å²) in [5.74, 6) is -3.81. The lowest BCUT2D eigenvalue weighted by molar-refractivity contribution is -0.155. The number of carbonyl (C=O) groups is 2. The van der Waals surface area contributed by atoms with E-state index in [0.29, 0.717) is 6.07 Å². The third kappa shape index (κ3) is 2.84.